The molecule has 0 saturated carbocycles. The number of aromatic nitrogens is 3. The number of H-pyrrole nitrogens is 1. The molecule has 2 rings (SSSR count). The molecule has 0 aliphatic rings. The first-order valence-corrected chi connectivity index (χ1v) is 5.64. The molecule has 19 heavy (non-hydrogen) atoms. The Morgan fingerprint density at radius 3 is 2.89 bits per heavy atom. The summed E-state index contributed by atoms with van der Waals surface area (Å²) in [5.41, 5.74) is -0.0315. The summed E-state index contributed by atoms with van der Waals surface area (Å²) < 4.78 is 4.79. The molecule has 2 N–H and O–H groups in total. The highest BCUT2D eigenvalue weighted by Gasteiger charge is 2.09. The Bertz CT molecular complexity index is 624. The molecule has 0 bridgehead atoms. The van der Waals surface area contributed by atoms with Crippen molar-refractivity contribution in [2.45, 2.75) is 6.92 Å². The maximum Gasteiger partial charge on any atom is 0.354 e. The van der Waals surface area contributed by atoms with Crippen molar-refractivity contribution in [3.63, 3.8) is 0 Å². The quantitative estimate of drug-likeness (QED) is 0.798. The molecule has 0 atom stereocenters. The predicted molar refractivity (Wildman–Crippen MR) is 68.3 cm³/mol. The third-order valence-corrected chi connectivity index (χ3v) is 2.25. The lowest BCUT2D eigenvalue weighted by atomic mass is 10.3. The highest BCUT2D eigenvalue weighted by Crippen LogP contribution is 2.08. The van der Waals surface area contributed by atoms with Crippen LogP contribution in [0.3, 0.4) is 0 Å². The van der Waals surface area contributed by atoms with Gasteiger partial charge in [0.25, 0.3) is 5.56 Å². The van der Waals surface area contributed by atoms with Gasteiger partial charge < -0.3 is 15.0 Å². The van der Waals surface area contributed by atoms with Crippen LogP contribution in [-0.4, -0.2) is 27.5 Å². The van der Waals surface area contributed by atoms with E-state index >= 15 is 0 Å². The predicted octanol–water partition coefficient (Wildman–Crippen LogP) is 1.09. The number of nitrogens with zero attached hydrogens (tertiary/aromatic N) is 2. The van der Waals surface area contributed by atoms with Gasteiger partial charge in [-0.2, -0.15) is 0 Å². The van der Waals surface area contributed by atoms with Crippen LogP contribution in [-0.2, 0) is 4.74 Å². The van der Waals surface area contributed by atoms with Crippen LogP contribution in [0.1, 0.15) is 17.4 Å². The molecule has 0 saturated heterocycles. The lowest BCUT2D eigenvalue weighted by Gasteiger charge is -2.05. The summed E-state index contributed by atoms with van der Waals surface area (Å²) in [6.07, 6.45) is 2.92. The molecule has 0 aliphatic carbocycles. The van der Waals surface area contributed by atoms with Crippen LogP contribution in [0, 0.1) is 0 Å². The number of nitrogens with one attached hydrogen (secondary N) is 2. The van der Waals surface area contributed by atoms with Crippen molar-refractivity contribution < 1.29 is 9.53 Å². The van der Waals surface area contributed by atoms with Crippen LogP contribution in [0.15, 0.2) is 35.5 Å². The van der Waals surface area contributed by atoms with Gasteiger partial charge in [0.1, 0.15) is 23.5 Å². The van der Waals surface area contributed by atoms with E-state index < -0.39 is 11.5 Å². The summed E-state index contributed by atoms with van der Waals surface area (Å²) in [5, 5.41) is 2.82. The molecule has 98 valence electrons. The minimum absolute atomic E-state index is 0.111. The number of anilines is 2. The summed E-state index contributed by atoms with van der Waals surface area (Å²) in [4.78, 5) is 33.4. The Hall–Kier alpha value is -2.70. The number of carbonyl (C=O) groups excluding carboxylic acids is 1. The first kappa shape index (κ1) is 12.7. The number of hydrogen-bond acceptors (Lipinski definition) is 6. The number of carbonyl (C=O) groups is 1. The highest BCUT2D eigenvalue weighted by molar-refractivity contribution is 5.87. The van der Waals surface area contributed by atoms with Crippen LogP contribution in [0.25, 0.3) is 0 Å². The van der Waals surface area contributed by atoms with E-state index in [1.807, 2.05) is 0 Å². The fraction of sp³-hybridized carbons (Fsp3) is 0.167. The minimum atomic E-state index is -0.562. The maximum absolute atomic E-state index is 11.8. The van der Waals surface area contributed by atoms with Crippen molar-refractivity contribution in [1.29, 1.82) is 0 Å². The van der Waals surface area contributed by atoms with Gasteiger partial charge in [-0.05, 0) is 25.1 Å². The number of rotatable bonds is 4. The molecule has 0 aromatic carbocycles. The topological polar surface area (TPSA) is 97.0 Å². The Labute approximate surface area is 108 Å². The van der Waals surface area contributed by atoms with Crippen molar-refractivity contribution in [3.05, 3.63) is 46.8 Å². The molecule has 0 fully saturated rings. The second-order valence-corrected chi connectivity index (χ2v) is 3.55. The minimum Gasteiger partial charge on any atom is -0.461 e. The van der Waals surface area contributed by atoms with Crippen LogP contribution in [0.4, 0.5) is 11.5 Å². The van der Waals surface area contributed by atoms with E-state index in [0.29, 0.717) is 5.82 Å². The van der Waals surface area contributed by atoms with Crippen molar-refractivity contribution in [2.24, 2.45) is 0 Å². The SMILES string of the molecule is CCOC(=O)c1ccc(Nc2ccncn2)c(=O)[nH]1. The summed E-state index contributed by atoms with van der Waals surface area (Å²) in [6.45, 7) is 1.95. The summed E-state index contributed by atoms with van der Waals surface area (Å²) in [5.74, 6) is -0.0717. The molecule has 2 aromatic heterocycles. The van der Waals surface area contributed by atoms with Gasteiger partial charge in [0.15, 0.2) is 0 Å². The van der Waals surface area contributed by atoms with Crippen LogP contribution >= 0.6 is 0 Å². The molecule has 0 unspecified atom stereocenters. The van der Waals surface area contributed by atoms with Crippen molar-refractivity contribution >= 4 is 17.5 Å². The van der Waals surface area contributed by atoms with Crippen molar-refractivity contribution in [2.75, 3.05) is 11.9 Å². The van der Waals surface area contributed by atoms with Gasteiger partial charge >= 0.3 is 5.97 Å². The second kappa shape index (κ2) is 5.76. The van der Waals surface area contributed by atoms with E-state index in [0.717, 1.165) is 0 Å². The average Bonchev–Trinajstić information content (AvgIpc) is 2.42. The molecular formula is C12H12N4O3. The van der Waals surface area contributed by atoms with Gasteiger partial charge in [-0.15, -0.1) is 0 Å². The van der Waals surface area contributed by atoms with Crippen LogP contribution < -0.4 is 10.9 Å². The molecule has 0 radical (unpaired) electrons. The van der Waals surface area contributed by atoms with E-state index in [-0.39, 0.29) is 18.0 Å². The van der Waals surface area contributed by atoms with Gasteiger partial charge in [0.05, 0.1) is 6.61 Å². The van der Waals surface area contributed by atoms with E-state index in [2.05, 4.69) is 20.3 Å². The van der Waals surface area contributed by atoms with Gasteiger partial charge in [-0.25, -0.2) is 14.8 Å². The van der Waals surface area contributed by atoms with Crippen molar-refractivity contribution in [1.82, 2.24) is 15.0 Å². The van der Waals surface area contributed by atoms with Gasteiger partial charge in [-0.3, -0.25) is 4.79 Å². The molecule has 0 aliphatic heterocycles. The molecule has 2 aromatic rings. The third-order valence-electron chi connectivity index (χ3n) is 2.25. The fourth-order valence-electron chi connectivity index (χ4n) is 1.40. The van der Waals surface area contributed by atoms with Gasteiger partial charge in [0.2, 0.25) is 0 Å². The van der Waals surface area contributed by atoms with Gasteiger partial charge in [0, 0.05) is 6.20 Å². The average molecular weight is 260 g/mol. The largest absolute Gasteiger partial charge is 0.461 e. The number of esters is 1. The zero-order chi connectivity index (χ0) is 13.7. The molecule has 7 heteroatoms. The van der Waals surface area contributed by atoms with Crippen LogP contribution in [0.5, 0.6) is 0 Å². The third kappa shape index (κ3) is 3.15. The number of hydrogen-bond donors (Lipinski definition) is 2. The first-order chi connectivity index (χ1) is 9.20. The molecule has 0 spiro atoms. The number of pyridine rings is 1. The number of aromatic amines is 1. The van der Waals surface area contributed by atoms with E-state index in [1.54, 1.807) is 19.2 Å². The maximum atomic E-state index is 11.8. The van der Waals surface area contributed by atoms with Gasteiger partial charge in [-0.1, -0.05) is 0 Å². The lowest BCUT2D eigenvalue weighted by Crippen LogP contribution is -2.17. The molecule has 2 heterocycles. The standard InChI is InChI=1S/C12H12N4O3/c1-2-19-12(18)9-4-3-8(11(17)16-9)15-10-5-6-13-7-14-10/h3-7H,2H2,1H3,(H,16,17)(H,13,14,15). The Balaban J connectivity index is 2.21. The normalized spacial score (nSPS) is 9.95. The van der Waals surface area contributed by atoms with E-state index in [4.69, 9.17) is 4.74 Å². The summed E-state index contributed by atoms with van der Waals surface area (Å²) >= 11 is 0. The van der Waals surface area contributed by atoms with Crippen LogP contribution in [0.2, 0.25) is 0 Å². The fourth-order valence-corrected chi connectivity index (χ4v) is 1.40. The summed E-state index contributed by atoms with van der Waals surface area (Å²) in [7, 11) is 0. The molecular weight excluding hydrogens is 248 g/mol. The zero-order valence-electron chi connectivity index (χ0n) is 10.2. The molecule has 7 nitrogen and oxygen atoms in total. The summed E-state index contributed by atoms with van der Waals surface area (Å²) in [6, 6.07) is 4.59. The second-order valence-electron chi connectivity index (χ2n) is 3.55. The van der Waals surface area contributed by atoms with E-state index in [1.165, 1.54) is 18.5 Å². The Morgan fingerprint density at radius 2 is 2.26 bits per heavy atom. The zero-order valence-corrected chi connectivity index (χ0v) is 10.2. The monoisotopic (exact) mass is 260 g/mol. The van der Waals surface area contributed by atoms with E-state index in [9.17, 15) is 9.59 Å². The first-order valence-electron chi connectivity index (χ1n) is 5.64. The molecule has 0 amide bonds. The van der Waals surface area contributed by atoms with Crippen molar-refractivity contribution in [3.8, 4) is 0 Å². The lowest BCUT2D eigenvalue weighted by molar-refractivity contribution is 0.0519. The highest BCUT2D eigenvalue weighted by atomic mass is 16.5. The Kier molecular flexibility index (Phi) is 3.87. The smallest absolute Gasteiger partial charge is 0.354 e. The Morgan fingerprint density at radius 1 is 1.42 bits per heavy atom. The number of ether oxygens (including phenoxy) is 1.